The Bertz CT molecular complexity index is 654. The van der Waals surface area contributed by atoms with Crippen molar-refractivity contribution in [2.24, 2.45) is 0 Å². The van der Waals surface area contributed by atoms with E-state index in [1.807, 2.05) is 11.8 Å². The molecule has 1 N–H and O–H groups in total. The molecule has 5 heteroatoms. The molecule has 2 aromatic rings. The Labute approximate surface area is 107 Å². The van der Waals surface area contributed by atoms with Crippen LogP contribution >= 0.6 is 23.1 Å². The predicted octanol–water partition coefficient (Wildman–Crippen LogP) is 2.65. The number of nitrogens with one attached hydrogen (secondary N) is 1. The van der Waals surface area contributed by atoms with Gasteiger partial charge in [-0.05, 0) is 30.6 Å². The van der Waals surface area contributed by atoms with E-state index in [1.165, 1.54) is 23.3 Å². The predicted molar refractivity (Wildman–Crippen MR) is 72.1 cm³/mol. The van der Waals surface area contributed by atoms with Gasteiger partial charge in [-0.1, -0.05) is 0 Å². The molecule has 1 aliphatic carbocycles. The molecule has 0 atom stereocenters. The minimum absolute atomic E-state index is 0.0845. The number of hydrogen-bond donors (Lipinski definition) is 1. The van der Waals surface area contributed by atoms with Gasteiger partial charge < -0.3 is 4.98 Å². The number of thiophene rings is 1. The van der Waals surface area contributed by atoms with Crippen molar-refractivity contribution in [3.05, 3.63) is 26.6 Å². The molecule has 0 saturated heterocycles. The van der Waals surface area contributed by atoms with Gasteiger partial charge in [0.05, 0.1) is 5.39 Å². The van der Waals surface area contributed by atoms with Gasteiger partial charge in [0.15, 0.2) is 0 Å². The number of H-pyrrole nitrogens is 1. The lowest BCUT2D eigenvalue weighted by Gasteiger charge is -2.09. The van der Waals surface area contributed by atoms with Gasteiger partial charge in [-0.2, -0.15) is 11.8 Å². The number of thioether (sulfide) groups is 1. The molecule has 4 rings (SSSR count). The highest BCUT2D eigenvalue weighted by Crippen LogP contribution is 2.40. The van der Waals surface area contributed by atoms with Crippen molar-refractivity contribution >= 4 is 33.3 Å². The fourth-order valence-electron chi connectivity index (χ4n) is 2.40. The zero-order chi connectivity index (χ0) is 11.4. The molecule has 0 aromatic carbocycles. The maximum atomic E-state index is 12.2. The molecule has 0 spiro atoms. The van der Waals surface area contributed by atoms with Crippen molar-refractivity contribution in [1.29, 1.82) is 0 Å². The molecular formula is C12H12N2OS2. The summed E-state index contributed by atoms with van der Waals surface area (Å²) < 4.78 is 0. The summed E-state index contributed by atoms with van der Waals surface area (Å²) in [5.74, 6) is 3.60. The van der Waals surface area contributed by atoms with Gasteiger partial charge in [0.2, 0.25) is 0 Å². The van der Waals surface area contributed by atoms with Gasteiger partial charge in [-0.15, -0.1) is 11.3 Å². The smallest absolute Gasteiger partial charge is 0.259 e. The molecule has 1 fully saturated rings. The number of aromatic nitrogens is 2. The summed E-state index contributed by atoms with van der Waals surface area (Å²) in [5.41, 5.74) is 1.35. The lowest BCUT2D eigenvalue weighted by molar-refractivity contribution is 0.933. The van der Waals surface area contributed by atoms with Crippen LogP contribution in [0.1, 0.15) is 35.0 Å². The average Bonchev–Trinajstić information content (AvgIpc) is 3.09. The maximum Gasteiger partial charge on any atom is 0.259 e. The van der Waals surface area contributed by atoms with E-state index in [4.69, 9.17) is 0 Å². The quantitative estimate of drug-likeness (QED) is 0.861. The number of rotatable bonds is 1. The third-order valence-corrected chi connectivity index (χ3v) is 5.75. The second-order valence-corrected chi connectivity index (χ2v) is 6.90. The number of hydrogen-bond acceptors (Lipinski definition) is 4. The van der Waals surface area contributed by atoms with E-state index in [0.717, 1.165) is 34.0 Å². The van der Waals surface area contributed by atoms with Crippen LogP contribution < -0.4 is 5.56 Å². The minimum Gasteiger partial charge on any atom is -0.310 e. The van der Waals surface area contributed by atoms with E-state index in [0.29, 0.717) is 5.92 Å². The van der Waals surface area contributed by atoms with Crippen LogP contribution in [0.5, 0.6) is 0 Å². The lowest BCUT2D eigenvalue weighted by Crippen LogP contribution is -2.12. The molecule has 2 aromatic heterocycles. The van der Waals surface area contributed by atoms with Crippen molar-refractivity contribution in [2.75, 3.05) is 5.75 Å². The molecule has 0 bridgehead atoms. The van der Waals surface area contributed by atoms with Crippen LogP contribution in [0.2, 0.25) is 0 Å². The zero-order valence-electron chi connectivity index (χ0n) is 9.28. The molecule has 0 amide bonds. The molecule has 0 radical (unpaired) electrons. The van der Waals surface area contributed by atoms with E-state index < -0.39 is 0 Å². The zero-order valence-corrected chi connectivity index (χ0v) is 10.9. The Morgan fingerprint density at radius 3 is 3.06 bits per heavy atom. The van der Waals surface area contributed by atoms with Gasteiger partial charge in [0, 0.05) is 16.5 Å². The molecular weight excluding hydrogens is 252 g/mol. The van der Waals surface area contributed by atoms with Crippen LogP contribution in [-0.2, 0) is 12.2 Å². The Kier molecular flexibility index (Phi) is 2.14. The monoisotopic (exact) mass is 264 g/mol. The summed E-state index contributed by atoms with van der Waals surface area (Å²) in [6.45, 7) is 0. The van der Waals surface area contributed by atoms with Gasteiger partial charge >= 0.3 is 0 Å². The number of aryl methyl sites for hydroxylation is 1. The number of fused-ring (bicyclic) bond motifs is 3. The minimum atomic E-state index is 0.0845. The van der Waals surface area contributed by atoms with Crippen molar-refractivity contribution in [1.82, 2.24) is 9.97 Å². The van der Waals surface area contributed by atoms with E-state index in [1.54, 1.807) is 11.3 Å². The molecule has 88 valence electrons. The third-order valence-electron chi connectivity index (χ3n) is 3.46. The van der Waals surface area contributed by atoms with Crippen LogP contribution in [0.25, 0.3) is 10.2 Å². The summed E-state index contributed by atoms with van der Waals surface area (Å²) in [6.07, 6.45) is 3.37. The van der Waals surface area contributed by atoms with E-state index in [9.17, 15) is 4.79 Å². The molecule has 0 unspecified atom stereocenters. The molecule has 17 heavy (non-hydrogen) atoms. The summed E-state index contributed by atoms with van der Waals surface area (Å²) >= 11 is 3.67. The summed E-state index contributed by atoms with van der Waals surface area (Å²) in [7, 11) is 0. The van der Waals surface area contributed by atoms with E-state index in [-0.39, 0.29) is 5.56 Å². The second kappa shape index (κ2) is 3.59. The first-order chi connectivity index (χ1) is 8.33. The SMILES string of the molecule is O=c1[nH]c(C2CC2)nc2sc3c(c12)CCSC3. The Morgan fingerprint density at radius 2 is 2.24 bits per heavy atom. The highest BCUT2D eigenvalue weighted by molar-refractivity contribution is 7.98. The first-order valence-electron chi connectivity index (χ1n) is 5.95. The Morgan fingerprint density at radius 1 is 1.35 bits per heavy atom. The van der Waals surface area contributed by atoms with Gasteiger partial charge in [-0.25, -0.2) is 4.98 Å². The number of nitrogens with zero attached hydrogens (tertiary/aromatic N) is 1. The topological polar surface area (TPSA) is 45.8 Å². The molecule has 2 aliphatic rings. The number of aromatic amines is 1. The van der Waals surface area contributed by atoms with Crippen LogP contribution in [0.4, 0.5) is 0 Å². The fraction of sp³-hybridized carbons (Fsp3) is 0.500. The van der Waals surface area contributed by atoms with E-state index >= 15 is 0 Å². The summed E-state index contributed by atoms with van der Waals surface area (Å²) in [6, 6.07) is 0. The van der Waals surface area contributed by atoms with Crippen LogP contribution in [0.15, 0.2) is 4.79 Å². The third kappa shape index (κ3) is 1.56. The van der Waals surface area contributed by atoms with Crippen molar-refractivity contribution < 1.29 is 0 Å². The van der Waals surface area contributed by atoms with Crippen molar-refractivity contribution in [2.45, 2.75) is 30.9 Å². The fourth-order valence-corrected chi connectivity index (χ4v) is 4.76. The summed E-state index contributed by atoms with van der Waals surface area (Å²) in [4.78, 5) is 22.1. The Balaban J connectivity index is 2.01. The standard InChI is InChI=1S/C12H12N2OS2/c15-11-9-7-3-4-16-5-8(7)17-12(9)14-10(13-11)6-1-2-6/h6H,1-5H2,(H,13,14,15). The average molecular weight is 264 g/mol. The van der Waals surface area contributed by atoms with Crippen LogP contribution in [0, 0.1) is 0 Å². The Hall–Kier alpha value is -0.810. The maximum absolute atomic E-state index is 12.2. The first-order valence-corrected chi connectivity index (χ1v) is 7.92. The molecule has 1 aliphatic heterocycles. The second-order valence-electron chi connectivity index (χ2n) is 4.71. The van der Waals surface area contributed by atoms with Crippen molar-refractivity contribution in [3.8, 4) is 0 Å². The highest BCUT2D eigenvalue weighted by atomic mass is 32.2. The van der Waals surface area contributed by atoms with E-state index in [2.05, 4.69) is 9.97 Å². The van der Waals surface area contributed by atoms with Crippen molar-refractivity contribution in [3.63, 3.8) is 0 Å². The van der Waals surface area contributed by atoms with Gasteiger partial charge in [0.25, 0.3) is 5.56 Å². The molecule has 3 heterocycles. The van der Waals surface area contributed by atoms with Gasteiger partial charge in [-0.3, -0.25) is 4.79 Å². The van der Waals surface area contributed by atoms with Gasteiger partial charge in [0.1, 0.15) is 10.7 Å². The van der Waals surface area contributed by atoms with Crippen LogP contribution in [0.3, 0.4) is 0 Å². The van der Waals surface area contributed by atoms with Crippen LogP contribution in [-0.4, -0.2) is 15.7 Å². The largest absolute Gasteiger partial charge is 0.310 e. The summed E-state index contributed by atoms with van der Waals surface area (Å²) in [5, 5.41) is 0.870. The highest BCUT2D eigenvalue weighted by Gasteiger charge is 2.28. The normalized spacial score (nSPS) is 19.5. The lowest BCUT2D eigenvalue weighted by atomic mass is 10.1. The first kappa shape index (κ1) is 10.1. The molecule has 1 saturated carbocycles. The molecule has 3 nitrogen and oxygen atoms in total.